The number of urea groups is 1. The van der Waals surface area contributed by atoms with Crippen molar-refractivity contribution < 1.29 is 22.7 Å². The Morgan fingerprint density at radius 1 is 0.879 bits per heavy atom. The minimum absolute atomic E-state index is 0.0865. The van der Waals surface area contributed by atoms with Gasteiger partial charge in [0.25, 0.3) is 10.0 Å². The second kappa shape index (κ2) is 8.67. The normalized spacial score (nSPS) is 15.6. The van der Waals surface area contributed by atoms with Crippen LogP contribution in [0.5, 0.6) is 11.5 Å². The number of sulfonamides is 1. The van der Waals surface area contributed by atoms with E-state index in [1.54, 1.807) is 52.3 Å². The van der Waals surface area contributed by atoms with Gasteiger partial charge in [-0.25, -0.2) is 13.2 Å². The van der Waals surface area contributed by atoms with Gasteiger partial charge in [0.2, 0.25) is 6.79 Å². The summed E-state index contributed by atoms with van der Waals surface area (Å²) in [5, 5.41) is 0. The van der Waals surface area contributed by atoms with E-state index < -0.39 is 10.0 Å². The second-order valence-corrected chi connectivity index (χ2v) is 9.54. The number of nitrogens with one attached hydrogen (secondary N) is 1. The number of benzene rings is 3. The first-order valence-corrected chi connectivity index (χ1v) is 12.1. The van der Waals surface area contributed by atoms with E-state index in [9.17, 15) is 13.2 Å². The molecule has 0 aromatic heterocycles. The summed E-state index contributed by atoms with van der Waals surface area (Å²) in [5.41, 5.74) is 2.13. The molecule has 1 saturated heterocycles. The first kappa shape index (κ1) is 21.1. The molecule has 0 bridgehead atoms. The molecule has 0 saturated carbocycles. The molecule has 2 aliphatic heterocycles. The number of amides is 2. The van der Waals surface area contributed by atoms with Gasteiger partial charge in [0.1, 0.15) is 0 Å². The standard InChI is InChI=1S/C24H23N3O5S/c28-24-26(16-18-7-12-22-23(15-18)32-17-31-22)13-4-14-27(24)20-10-8-19(9-11-20)25-33(29,30)21-5-2-1-3-6-21/h1-3,5-12,15,25H,4,13-14,16-17H2. The maximum Gasteiger partial charge on any atom is 0.324 e. The average Bonchev–Trinajstić information content (AvgIpc) is 3.29. The van der Waals surface area contributed by atoms with Gasteiger partial charge in [0, 0.05) is 31.0 Å². The topological polar surface area (TPSA) is 88.2 Å². The van der Waals surface area contributed by atoms with Crippen LogP contribution in [-0.4, -0.2) is 39.2 Å². The van der Waals surface area contributed by atoms with Crippen molar-refractivity contribution in [1.82, 2.24) is 4.90 Å². The lowest BCUT2D eigenvalue weighted by Gasteiger charge is -2.35. The lowest BCUT2D eigenvalue weighted by molar-refractivity contribution is 0.173. The molecule has 3 aromatic rings. The van der Waals surface area contributed by atoms with Crippen molar-refractivity contribution in [2.24, 2.45) is 0 Å². The van der Waals surface area contributed by atoms with E-state index in [1.165, 1.54) is 12.1 Å². The van der Waals surface area contributed by atoms with Gasteiger partial charge in [0.15, 0.2) is 11.5 Å². The Hall–Kier alpha value is -3.72. The van der Waals surface area contributed by atoms with Gasteiger partial charge in [-0.1, -0.05) is 24.3 Å². The van der Waals surface area contributed by atoms with E-state index in [1.807, 2.05) is 18.2 Å². The maximum absolute atomic E-state index is 13.1. The molecule has 0 unspecified atom stereocenters. The minimum atomic E-state index is -3.67. The van der Waals surface area contributed by atoms with Crippen LogP contribution in [0.25, 0.3) is 0 Å². The van der Waals surface area contributed by atoms with Gasteiger partial charge in [-0.3, -0.25) is 9.62 Å². The van der Waals surface area contributed by atoms with E-state index in [2.05, 4.69) is 4.72 Å². The average molecular weight is 466 g/mol. The number of carbonyl (C=O) groups excluding carboxylic acids is 1. The van der Waals surface area contributed by atoms with Crippen LogP contribution in [-0.2, 0) is 16.6 Å². The van der Waals surface area contributed by atoms with Crippen molar-refractivity contribution in [3.05, 3.63) is 78.4 Å². The van der Waals surface area contributed by atoms with Crippen LogP contribution >= 0.6 is 0 Å². The van der Waals surface area contributed by atoms with Crippen molar-refractivity contribution in [3.8, 4) is 11.5 Å². The molecule has 2 aliphatic rings. The number of ether oxygens (including phenoxy) is 2. The molecule has 0 aliphatic carbocycles. The van der Waals surface area contributed by atoms with Crippen molar-refractivity contribution >= 4 is 27.4 Å². The van der Waals surface area contributed by atoms with Gasteiger partial charge in [-0.2, -0.15) is 0 Å². The molecule has 0 radical (unpaired) electrons. The molecule has 1 N–H and O–H groups in total. The zero-order chi connectivity index (χ0) is 22.8. The van der Waals surface area contributed by atoms with Crippen LogP contribution in [0.3, 0.4) is 0 Å². The van der Waals surface area contributed by atoms with Crippen molar-refractivity contribution in [1.29, 1.82) is 0 Å². The highest BCUT2D eigenvalue weighted by atomic mass is 32.2. The van der Waals surface area contributed by atoms with Crippen LogP contribution in [0.4, 0.5) is 16.2 Å². The summed E-state index contributed by atoms with van der Waals surface area (Å²) >= 11 is 0. The Balaban J connectivity index is 1.27. The fourth-order valence-electron chi connectivity index (χ4n) is 3.95. The third kappa shape index (κ3) is 4.45. The van der Waals surface area contributed by atoms with Crippen LogP contribution in [0.2, 0.25) is 0 Å². The van der Waals surface area contributed by atoms with Crippen molar-refractivity contribution in [2.75, 3.05) is 29.5 Å². The van der Waals surface area contributed by atoms with E-state index >= 15 is 0 Å². The van der Waals surface area contributed by atoms with Gasteiger partial charge in [0.05, 0.1) is 4.90 Å². The molecular formula is C24H23N3O5S. The van der Waals surface area contributed by atoms with Crippen molar-refractivity contribution in [2.45, 2.75) is 17.9 Å². The quantitative estimate of drug-likeness (QED) is 0.593. The Morgan fingerprint density at radius 3 is 2.42 bits per heavy atom. The number of fused-ring (bicyclic) bond motifs is 1. The molecule has 2 amide bonds. The van der Waals surface area contributed by atoms with E-state index in [0.29, 0.717) is 36.8 Å². The lowest BCUT2D eigenvalue weighted by atomic mass is 10.1. The van der Waals surface area contributed by atoms with Gasteiger partial charge < -0.3 is 14.4 Å². The summed E-state index contributed by atoms with van der Waals surface area (Å²) in [6, 6.07) is 20.7. The Labute approximate surface area is 192 Å². The zero-order valence-corrected chi connectivity index (χ0v) is 18.6. The largest absolute Gasteiger partial charge is 0.454 e. The third-order valence-electron chi connectivity index (χ3n) is 5.61. The molecule has 9 heteroatoms. The fourth-order valence-corrected chi connectivity index (χ4v) is 5.03. The Kier molecular flexibility index (Phi) is 5.55. The van der Waals surface area contributed by atoms with Crippen LogP contribution in [0, 0.1) is 0 Å². The monoisotopic (exact) mass is 465 g/mol. The van der Waals surface area contributed by atoms with Gasteiger partial charge in [-0.15, -0.1) is 0 Å². The number of nitrogens with zero attached hydrogens (tertiary/aromatic N) is 2. The summed E-state index contributed by atoms with van der Waals surface area (Å²) in [6.45, 7) is 1.96. The molecule has 170 valence electrons. The Morgan fingerprint density at radius 2 is 1.64 bits per heavy atom. The molecule has 8 nitrogen and oxygen atoms in total. The molecule has 0 atom stereocenters. The zero-order valence-electron chi connectivity index (χ0n) is 17.8. The summed E-state index contributed by atoms with van der Waals surface area (Å²) in [7, 11) is -3.67. The first-order chi connectivity index (χ1) is 16.0. The van der Waals surface area contributed by atoms with Crippen LogP contribution in [0.1, 0.15) is 12.0 Å². The molecule has 33 heavy (non-hydrogen) atoms. The molecular weight excluding hydrogens is 442 g/mol. The highest BCUT2D eigenvalue weighted by molar-refractivity contribution is 7.92. The number of carbonyl (C=O) groups is 1. The van der Waals surface area contributed by atoms with Crippen LogP contribution in [0.15, 0.2) is 77.7 Å². The maximum atomic E-state index is 13.1. The highest BCUT2D eigenvalue weighted by Gasteiger charge is 2.27. The first-order valence-electron chi connectivity index (χ1n) is 10.6. The SMILES string of the molecule is O=C1N(Cc2ccc3c(c2)OCO3)CCCN1c1ccc(NS(=O)(=O)c2ccccc2)cc1. The number of hydrogen-bond donors (Lipinski definition) is 1. The van der Waals surface area contributed by atoms with E-state index in [4.69, 9.17) is 9.47 Å². The number of anilines is 2. The molecule has 5 rings (SSSR count). The summed E-state index contributed by atoms with van der Waals surface area (Å²) in [6.07, 6.45) is 0.832. The second-order valence-electron chi connectivity index (χ2n) is 7.86. The third-order valence-corrected chi connectivity index (χ3v) is 7.00. The number of hydrogen-bond acceptors (Lipinski definition) is 5. The summed E-state index contributed by atoms with van der Waals surface area (Å²) < 4.78 is 38.4. The highest BCUT2D eigenvalue weighted by Crippen LogP contribution is 2.33. The predicted octanol–water partition coefficient (Wildman–Crippen LogP) is 4.05. The Bertz CT molecular complexity index is 1260. The summed E-state index contributed by atoms with van der Waals surface area (Å²) in [4.78, 5) is 16.9. The van der Waals surface area contributed by atoms with E-state index in [-0.39, 0.29) is 17.7 Å². The van der Waals surface area contributed by atoms with Crippen molar-refractivity contribution in [3.63, 3.8) is 0 Å². The van der Waals surface area contributed by atoms with E-state index in [0.717, 1.165) is 17.7 Å². The van der Waals surface area contributed by atoms with Gasteiger partial charge >= 0.3 is 6.03 Å². The molecule has 0 spiro atoms. The smallest absolute Gasteiger partial charge is 0.324 e. The van der Waals surface area contributed by atoms with Crippen LogP contribution < -0.4 is 19.1 Å². The molecule has 1 fully saturated rings. The lowest BCUT2D eigenvalue weighted by Crippen LogP contribution is -2.49. The number of rotatable bonds is 6. The molecule has 2 heterocycles. The minimum Gasteiger partial charge on any atom is -0.454 e. The predicted molar refractivity (Wildman–Crippen MR) is 124 cm³/mol. The van der Waals surface area contributed by atoms with Gasteiger partial charge in [-0.05, 0) is 60.5 Å². The fraction of sp³-hybridized carbons (Fsp3) is 0.208. The molecule has 3 aromatic carbocycles. The summed E-state index contributed by atoms with van der Waals surface area (Å²) in [5.74, 6) is 1.41.